The monoisotopic (exact) mass is 360 g/mol. The van der Waals surface area contributed by atoms with Gasteiger partial charge in [0.15, 0.2) is 0 Å². The van der Waals surface area contributed by atoms with E-state index in [2.05, 4.69) is 42.0 Å². The van der Waals surface area contributed by atoms with Crippen molar-refractivity contribution in [3.8, 4) is 0 Å². The van der Waals surface area contributed by atoms with Gasteiger partial charge in [-0.1, -0.05) is 0 Å². The van der Waals surface area contributed by atoms with Gasteiger partial charge >= 0.3 is 0 Å². The molecular weight excluding hydrogens is 324 g/mol. The van der Waals surface area contributed by atoms with E-state index < -0.39 is 0 Å². The minimum atomic E-state index is 0. The van der Waals surface area contributed by atoms with Gasteiger partial charge in [-0.3, -0.25) is 0 Å². The Balaban J connectivity index is -0.000000116. The Kier molecular flexibility index (Phi) is 22.3. The number of halogens is 1. The van der Waals surface area contributed by atoms with Crippen LogP contribution in [0.5, 0.6) is 0 Å². The summed E-state index contributed by atoms with van der Waals surface area (Å²) in [6.07, 6.45) is 0. The first-order valence-electron chi connectivity index (χ1n) is 6.86. The Morgan fingerprint density at radius 1 is 0.700 bits per heavy atom. The van der Waals surface area contributed by atoms with Crippen LogP contribution in [0.3, 0.4) is 0 Å². The van der Waals surface area contributed by atoms with Gasteiger partial charge in [-0.25, -0.2) is 0 Å². The van der Waals surface area contributed by atoms with E-state index >= 15 is 0 Å². The van der Waals surface area contributed by atoms with Gasteiger partial charge in [0.2, 0.25) is 0 Å². The number of nitrogens with zero attached hydrogens (tertiary/aromatic N) is 2. The molecule has 0 aliphatic heterocycles. The van der Waals surface area contributed by atoms with Gasteiger partial charge in [-0.15, -0.1) is 0 Å². The van der Waals surface area contributed by atoms with Crippen molar-refractivity contribution in [2.24, 2.45) is 0 Å². The molecule has 0 aromatic rings. The molecule has 0 aliphatic carbocycles. The number of likely N-dealkylation sites (N-methyl/N-ethyl adjacent to an activating group) is 2. The van der Waals surface area contributed by atoms with Crippen LogP contribution in [0.25, 0.3) is 0 Å². The molecule has 0 atom stereocenters. The topological polar surface area (TPSA) is 48.5 Å². The number of hydrogen-bond donors (Lipinski definition) is 0. The minimum Gasteiger partial charge on any atom is -1.00 e. The Morgan fingerprint density at radius 3 is 1.10 bits per heavy atom. The Hall–Kier alpha value is 0.280. The lowest BCUT2D eigenvalue weighted by atomic mass is 10.4. The Morgan fingerprint density at radius 2 is 0.950 bits per heavy atom. The minimum absolute atomic E-state index is 0. The molecule has 0 spiro atoms. The van der Waals surface area contributed by atoms with E-state index in [1.54, 1.807) is 14.2 Å². The highest BCUT2D eigenvalue weighted by atomic mass is 79.9. The first-order chi connectivity index (χ1) is 8.24. The molecule has 0 aromatic heterocycles. The second-order valence-corrected chi connectivity index (χ2v) is 5.94. The summed E-state index contributed by atoms with van der Waals surface area (Å²) >= 11 is 0. The maximum absolute atomic E-state index is 4.96. The summed E-state index contributed by atoms with van der Waals surface area (Å²) in [5.41, 5.74) is 0. The molecule has 0 unspecified atom stereocenters. The standard InChI is InChI=1S/2C7H18NO.BrH.H2O/c2*1-5-8(2,3)6-7-9-4;;/h2*5-7H2,1-4H3;1H;1H2/q2*+1;;/p-2. The molecule has 0 aromatic carbocycles. The van der Waals surface area contributed by atoms with Crippen LogP contribution >= 0.6 is 0 Å². The first-order valence-corrected chi connectivity index (χ1v) is 6.86. The van der Waals surface area contributed by atoms with E-state index in [9.17, 15) is 0 Å². The third kappa shape index (κ3) is 20.6. The van der Waals surface area contributed by atoms with Crippen LogP contribution in [0.1, 0.15) is 13.8 Å². The van der Waals surface area contributed by atoms with E-state index in [0.717, 1.165) is 35.3 Å². The lowest BCUT2D eigenvalue weighted by Crippen LogP contribution is -3.00. The third-order valence-corrected chi connectivity index (χ3v) is 3.51. The lowest BCUT2D eigenvalue weighted by Gasteiger charge is -2.27. The molecule has 0 rings (SSSR count). The van der Waals surface area contributed by atoms with Gasteiger partial charge in [-0.2, -0.15) is 0 Å². The molecule has 0 aliphatic rings. The van der Waals surface area contributed by atoms with Gasteiger partial charge in [0.25, 0.3) is 0 Å². The summed E-state index contributed by atoms with van der Waals surface area (Å²) in [7, 11) is 12.3. The predicted molar refractivity (Wildman–Crippen MR) is 80.7 cm³/mol. The fraction of sp³-hybridized carbons (Fsp3) is 1.00. The van der Waals surface area contributed by atoms with Crippen LogP contribution in [0.15, 0.2) is 0 Å². The zero-order valence-corrected chi connectivity index (χ0v) is 16.4. The molecule has 128 valence electrons. The number of rotatable bonds is 8. The van der Waals surface area contributed by atoms with Crippen LogP contribution in [0.4, 0.5) is 0 Å². The van der Waals surface area contributed by atoms with Crippen LogP contribution in [0, 0.1) is 0 Å². The fourth-order valence-corrected chi connectivity index (χ4v) is 0.993. The summed E-state index contributed by atoms with van der Waals surface area (Å²) in [6, 6.07) is 0. The van der Waals surface area contributed by atoms with E-state index in [0.29, 0.717) is 0 Å². The quantitative estimate of drug-likeness (QED) is 0.484. The van der Waals surface area contributed by atoms with Crippen molar-refractivity contribution in [3.63, 3.8) is 0 Å². The van der Waals surface area contributed by atoms with Crippen LogP contribution in [-0.4, -0.2) is 96.2 Å². The van der Waals surface area contributed by atoms with Crippen LogP contribution < -0.4 is 17.0 Å². The Bertz CT molecular complexity index is 171. The average Bonchev–Trinajstić information content (AvgIpc) is 2.35. The second kappa shape index (κ2) is 15.7. The zero-order valence-electron chi connectivity index (χ0n) is 14.8. The Labute approximate surface area is 137 Å². The SMILES string of the molecule is CC[N+](C)(C)CCOC.CC[N+](C)(C)CCOC.[Br-].[OH-]. The van der Waals surface area contributed by atoms with E-state index in [1.807, 2.05) is 0 Å². The predicted octanol–water partition coefficient (Wildman–Crippen LogP) is -1.71. The summed E-state index contributed by atoms with van der Waals surface area (Å²) in [4.78, 5) is 0. The number of hydrogen-bond acceptors (Lipinski definition) is 3. The third-order valence-electron chi connectivity index (χ3n) is 3.51. The molecule has 5 nitrogen and oxygen atoms in total. The number of ether oxygens (including phenoxy) is 2. The second-order valence-electron chi connectivity index (χ2n) is 5.94. The largest absolute Gasteiger partial charge is 1.00 e. The van der Waals surface area contributed by atoms with Gasteiger partial charge < -0.3 is 40.9 Å². The number of methoxy groups -OCH3 is 2. The summed E-state index contributed by atoms with van der Waals surface area (Å²) in [5.74, 6) is 0. The van der Waals surface area contributed by atoms with Gasteiger partial charge in [0, 0.05) is 14.2 Å². The summed E-state index contributed by atoms with van der Waals surface area (Å²) in [6.45, 7) is 10.7. The molecule has 0 bridgehead atoms. The summed E-state index contributed by atoms with van der Waals surface area (Å²) in [5, 5.41) is 0. The summed E-state index contributed by atoms with van der Waals surface area (Å²) < 4.78 is 12.0. The van der Waals surface area contributed by atoms with E-state index in [4.69, 9.17) is 9.47 Å². The van der Waals surface area contributed by atoms with Crippen LogP contribution in [0.2, 0.25) is 0 Å². The maximum Gasteiger partial charge on any atom is 0.102 e. The molecule has 20 heavy (non-hydrogen) atoms. The van der Waals surface area contributed by atoms with Crippen molar-refractivity contribution in [1.82, 2.24) is 0 Å². The van der Waals surface area contributed by atoms with Gasteiger partial charge in [0.05, 0.1) is 54.5 Å². The zero-order chi connectivity index (χ0) is 14.7. The van der Waals surface area contributed by atoms with E-state index in [1.165, 1.54) is 13.1 Å². The number of quaternary nitrogens is 2. The molecule has 0 saturated carbocycles. The molecule has 0 radical (unpaired) electrons. The first kappa shape index (κ1) is 28.4. The molecule has 0 heterocycles. The van der Waals surface area contributed by atoms with Gasteiger partial charge in [-0.05, 0) is 13.8 Å². The highest BCUT2D eigenvalue weighted by Crippen LogP contribution is 1.94. The van der Waals surface area contributed by atoms with Crippen molar-refractivity contribution in [3.05, 3.63) is 0 Å². The van der Waals surface area contributed by atoms with Crippen molar-refractivity contribution in [2.75, 3.05) is 81.8 Å². The molecule has 0 amide bonds. The van der Waals surface area contributed by atoms with Gasteiger partial charge in [0.1, 0.15) is 13.1 Å². The average molecular weight is 361 g/mol. The van der Waals surface area contributed by atoms with Crippen molar-refractivity contribution in [1.29, 1.82) is 0 Å². The van der Waals surface area contributed by atoms with Crippen molar-refractivity contribution < 1.29 is 40.9 Å². The molecule has 0 fully saturated rings. The molecule has 1 N–H and O–H groups in total. The van der Waals surface area contributed by atoms with E-state index in [-0.39, 0.29) is 22.5 Å². The highest BCUT2D eigenvalue weighted by molar-refractivity contribution is 4.28. The normalized spacial score (nSPS) is 10.8. The van der Waals surface area contributed by atoms with Crippen molar-refractivity contribution >= 4 is 0 Å². The fourth-order valence-electron chi connectivity index (χ4n) is 0.993. The maximum atomic E-state index is 4.96. The van der Waals surface area contributed by atoms with Crippen molar-refractivity contribution in [2.45, 2.75) is 13.8 Å². The smallest absolute Gasteiger partial charge is 0.102 e. The molecule has 0 saturated heterocycles. The molecule has 6 heteroatoms. The lowest BCUT2D eigenvalue weighted by molar-refractivity contribution is -0.888. The van der Waals surface area contributed by atoms with Crippen LogP contribution in [-0.2, 0) is 9.47 Å². The molecular formula is C14H37BrN2O3. The highest BCUT2D eigenvalue weighted by Gasteiger charge is 2.09.